The number of nitrogens with zero attached hydrogens (tertiary/aromatic N) is 1. The molecule has 2 aliphatic rings. The smallest absolute Gasteiger partial charge is 0.112 e. The predicted octanol–water partition coefficient (Wildman–Crippen LogP) is 2.05. The molecule has 3 rings (SSSR count). The zero-order chi connectivity index (χ0) is 10.1. The van der Waals surface area contributed by atoms with Crippen molar-refractivity contribution in [2.24, 2.45) is 0 Å². The van der Waals surface area contributed by atoms with Gasteiger partial charge in [0.1, 0.15) is 5.00 Å². The molecule has 3 nitrogen and oxygen atoms in total. The minimum atomic E-state index is 0.574. The van der Waals surface area contributed by atoms with E-state index < -0.39 is 0 Å². The molecule has 1 unspecified atom stereocenters. The van der Waals surface area contributed by atoms with E-state index in [9.17, 15) is 0 Å². The van der Waals surface area contributed by atoms with Gasteiger partial charge in [-0.25, -0.2) is 0 Å². The Morgan fingerprint density at radius 3 is 3.13 bits per heavy atom. The second-order valence-corrected chi connectivity index (χ2v) is 5.31. The third kappa shape index (κ3) is 1.96. The van der Waals surface area contributed by atoms with Crippen LogP contribution in [-0.2, 0) is 0 Å². The lowest BCUT2D eigenvalue weighted by atomic mass is 10.2. The van der Waals surface area contributed by atoms with Crippen LogP contribution in [0.3, 0.4) is 0 Å². The average Bonchev–Trinajstić information content (AvgIpc) is 2.87. The molecule has 3 heterocycles. The highest BCUT2D eigenvalue weighted by Gasteiger charge is 2.21. The lowest BCUT2D eigenvalue weighted by Gasteiger charge is -2.29. The topological polar surface area (TPSA) is 27.3 Å². The fourth-order valence-electron chi connectivity index (χ4n) is 2.43. The van der Waals surface area contributed by atoms with Crippen molar-refractivity contribution in [2.45, 2.75) is 18.9 Å². The van der Waals surface area contributed by atoms with Crippen LogP contribution in [0.25, 0.3) is 0 Å². The summed E-state index contributed by atoms with van der Waals surface area (Å²) in [6.45, 7) is 4.82. The first-order valence-electron chi connectivity index (χ1n) is 5.72. The maximum Gasteiger partial charge on any atom is 0.112 e. The Labute approximate surface area is 94.5 Å². The number of nitrogens with one attached hydrogen (secondary N) is 2. The maximum absolute atomic E-state index is 3.61. The van der Waals surface area contributed by atoms with E-state index in [1.54, 1.807) is 11.3 Å². The van der Waals surface area contributed by atoms with Crippen LogP contribution < -0.4 is 10.6 Å². The molecule has 4 heteroatoms. The van der Waals surface area contributed by atoms with E-state index in [1.165, 1.54) is 43.2 Å². The molecule has 2 aliphatic heterocycles. The highest BCUT2D eigenvalue weighted by Crippen LogP contribution is 2.31. The number of rotatable bonds is 2. The van der Waals surface area contributed by atoms with Gasteiger partial charge in [-0.2, -0.15) is 0 Å². The first kappa shape index (κ1) is 9.48. The molecule has 0 saturated carbocycles. The highest BCUT2D eigenvalue weighted by atomic mass is 32.1. The van der Waals surface area contributed by atoms with Gasteiger partial charge in [0.05, 0.1) is 11.7 Å². The van der Waals surface area contributed by atoms with E-state index in [1.807, 2.05) is 0 Å². The van der Waals surface area contributed by atoms with Gasteiger partial charge in [-0.1, -0.05) is 0 Å². The fraction of sp³-hybridized carbons (Fsp3) is 0.636. The summed E-state index contributed by atoms with van der Waals surface area (Å²) in [5.41, 5.74) is 1.29. The first-order chi connectivity index (χ1) is 7.42. The lowest BCUT2D eigenvalue weighted by Crippen LogP contribution is -2.41. The van der Waals surface area contributed by atoms with Crippen molar-refractivity contribution in [3.8, 4) is 0 Å². The predicted molar refractivity (Wildman–Crippen MR) is 65.9 cm³/mol. The first-order valence-corrected chi connectivity index (χ1v) is 6.60. The molecule has 1 saturated heterocycles. The van der Waals surface area contributed by atoms with Crippen molar-refractivity contribution >= 4 is 22.0 Å². The molecule has 82 valence electrons. The van der Waals surface area contributed by atoms with Crippen LogP contribution in [0.4, 0.5) is 10.7 Å². The summed E-state index contributed by atoms with van der Waals surface area (Å²) in [5.74, 6) is 0. The van der Waals surface area contributed by atoms with E-state index in [0.717, 1.165) is 6.54 Å². The van der Waals surface area contributed by atoms with Crippen molar-refractivity contribution in [2.75, 3.05) is 36.8 Å². The van der Waals surface area contributed by atoms with E-state index in [2.05, 4.69) is 27.0 Å². The van der Waals surface area contributed by atoms with Crippen LogP contribution in [-0.4, -0.2) is 37.1 Å². The minimum Gasteiger partial charge on any atom is -0.377 e. The van der Waals surface area contributed by atoms with Crippen molar-refractivity contribution in [3.63, 3.8) is 0 Å². The summed E-state index contributed by atoms with van der Waals surface area (Å²) in [4.78, 5) is 2.57. The van der Waals surface area contributed by atoms with Crippen molar-refractivity contribution in [3.05, 3.63) is 11.4 Å². The number of thiophene rings is 1. The summed E-state index contributed by atoms with van der Waals surface area (Å²) in [7, 11) is 0. The lowest BCUT2D eigenvalue weighted by molar-refractivity contribution is 0.324. The molecule has 1 aromatic heterocycles. The molecular weight excluding hydrogens is 206 g/mol. The van der Waals surface area contributed by atoms with Crippen molar-refractivity contribution in [1.82, 2.24) is 4.90 Å². The Balaban J connectivity index is 1.61. The Morgan fingerprint density at radius 1 is 1.40 bits per heavy atom. The van der Waals surface area contributed by atoms with E-state index in [4.69, 9.17) is 0 Å². The van der Waals surface area contributed by atoms with Crippen LogP contribution in [0.2, 0.25) is 0 Å². The molecule has 1 atom stereocenters. The van der Waals surface area contributed by atoms with Crippen molar-refractivity contribution in [1.29, 1.82) is 0 Å². The molecule has 1 aromatic rings. The summed E-state index contributed by atoms with van der Waals surface area (Å²) >= 11 is 1.78. The second-order valence-electron chi connectivity index (χ2n) is 4.39. The summed E-state index contributed by atoms with van der Waals surface area (Å²) in [6, 6.07) is 2.74. The van der Waals surface area contributed by atoms with Crippen LogP contribution in [0.15, 0.2) is 11.4 Å². The van der Waals surface area contributed by atoms with Crippen LogP contribution in [0.5, 0.6) is 0 Å². The van der Waals surface area contributed by atoms with E-state index in [-0.39, 0.29) is 0 Å². The number of anilines is 2. The number of likely N-dealkylation sites (tertiary alicyclic amines) is 1. The Morgan fingerprint density at radius 2 is 2.27 bits per heavy atom. The number of hydrogen-bond acceptors (Lipinski definition) is 4. The molecule has 15 heavy (non-hydrogen) atoms. The van der Waals surface area contributed by atoms with E-state index >= 15 is 0 Å². The zero-order valence-electron chi connectivity index (χ0n) is 8.83. The van der Waals surface area contributed by atoms with Gasteiger partial charge in [-0.3, -0.25) is 0 Å². The highest BCUT2D eigenvalue weighted by molar-refractivity contribution is 7.14. The molecule has 0 amide bonds. The molecule has 2 N–H and O–H groups in total. The Hall–Kier alpha value is -0.740. The average molecular weight is 223 g/mol. The van der Waals surface area contributed by atoms with E-state index in [0.29, 0.717) is 6.04 Å². The van der Waals surface area contributed by atoms with Gasteiger partial charge in [0, 0.05) is 13.1 Å². The van der Waals surface area contributed by atoms with Gasteiger partial charge in [0.15, 0.2) is 0 Å². The standard InChI is InChI=1S/C11H17N3S/c1-2-5-14(4-1)8-9-7-12-11-10(13-9)3-6-15-11/h3,6,9,12-13H,1-2,4-5,7-8H2. The summed E-state index contributed by atoms with van der Waals surface area (Å²) in [5, 5.41) is 10.5. The molecule has 0 spiro atoms. The van der Waals surface area contributed by atoms with Crippen LogP contribution >= 0.6 is 11.3 Å². The van der Waals surface area contributed by atoms with Gasteiger partial charge in [0.25, 0.3) is 0 Å². The normalized spacial score (nSPS) is 25.7. The summed E-state index contributed by atoms with van der Waals surface area (Å²) < 4.78 is 0. The monoisotopic (exact) mass is 223 g/mol. The second kappa shape index (κ2) is 4.02. The van der Waals surface area contributed by atoms with Gasteiger partial charge in [0.2, 0.25) is 0 Å². The fourth-order valence-corrected chi connectivity index (χ4v) is 3.19. The van der Waals surface area contributed by atoms with Crippen LogP contribution in [0, 0.1) is 0 Å². The third-order valence-corrected chi connectivity index (χ3v) is 4.08. The zero-order valence-corrected chi connectivity index (χ0v) is 9.65. The molecule has 0 bridgehead atoms. The quantitative estimate of drug-likeness (QED) is 0.803. The Kier molecular flexibility index (Phi) is 2.54. The van der Waals surface area contributed by atoms with Gasteiger partial charge >= 0.3 is 0 Å². The minimum absolute atomic E-state index is 0.574. The van der Waals surface area contributed by atoms with Gasteiger partial charge in [-0.15, -0.1) is 11.3 Å². The Bertz CT molecular complexity index is 330. The van der Waals surface area contributed by atoms with Crippen molar-refractivity contribution < 1.29 is 0 Å². The summed E-state index contributed by atoms with van der Waals surface area (Å²) in [6.07, 6.45) is 2.76. The molecule has 1 fully saturated rings. The molecule has 0 radical (unpaired) electrons. The SMILES string of the molecule is c1cc2c(s1)NCC(CN1CCCC1)N2. The third-order valence-electron chi connectivity index (χ3n) is 3.21. The molecule has 0 aliphatic carbocycles. The van der Waals surface area contributed by atoms with Gasteiger partial charge in [-0.05, 0) is 37.4 Å². The number of hydrogen-bond donors (Lipinski definition) is 2. The largest absolute Gasteiger partial charge is 0.377 e. The molecule has 0 aromatic carbocycles. The molecular formula is C11H17N3S. The van der Waals surface area contributed by atoms with Crippen LogP contribution in [0.1, 0.15) is 12.8 Å². The van der Waals surface area contributed by atoms with Gasteiger partial charge < -0.3 is 15.5 Å². The number of fused-ring (bicyclic) bond motifs is 1. The maximum atomic E-state index is 3.61.